The summed E-state index contributed by atoms with van der Waals surface area (Å²) in [6, 6.07) is 10.5. The highest BCUT2D eigenvalue weighted by molar-refractivity contribution is 9.10. The number of nitrogens with one attached hydrogen (secondary N) is 1. The van der Waals surface area contributed by atoms with E-state index in [0.29, 0.717) is 10.5 Å². The van der Waals surface area contributed by atoms with Gasteiger partial charge < -0.3 is 10.2 Å². The van der Waals surface area contributed by atoms with E-state index < -0.39 is 58.5 Å². The van der Waals surface area contributed by atoms with Crippen molar-refractivity contribution in [3.05, 3.63) is 68.7 Å². The quantitative estimate of drug-likeness (QED) is 0.295. The summed E-state index contributed by atoms with van der Waals surface area (Å²) in [4.78, 5) is 62.1. The number of carbonyl (C=O) groups is 4. The minimum atomic E-state index is -2.25. The first-order chi connectivity index (χ1) is 15.6. The van der Waals surface area contributed by atoms with Gasteiger partial charge in [0.05, 0.1) is 28.9 Å². The number of amides is 2. The Balaban J connectivity index is 1.87. The Kier molecular flexibility index (Phi) is 5.50. The largest absolute Gasteiger partial charge is 0.481 e. The molecule has 3 N–H and O–H groups in total. The van der Waals surface area contributed by atoms with Crippen molar-refractivity contribution in [2.45, 2.75) is 18.0 Å². The molecule has 2 saturated heterocycles. The number of halogens is 1. The van der Waals surface area contributed by atoms with Gasteiger partial charge in [0.25, 0.3) is 5.69 Å². The molecule has 2 fully saturated rings. The van der Waals surface area contributed by atoms with Crippen molar-refractivity contribution in [1.82, 2.24) is 5.32 Å². The number of hydrogen-bond acceptors (Lipinski definition) is 7. The molecule has 170 valence electrons. The first-order valence-electron chi connectivity index (χ1n) is 9.67. The molecular formula is C21H16BrN3O8. The highest BCUT2D eigenvalue weighted by atomic mass is 79.9. The molecule has 0 bridgehead atoms. The maximum absolute atomic E-state index is 13.5. The number of hydrogen-bond donors (Lipinski definition) is 3. The van der Waals surface area contributed by atoms with Gasteiger partial charge in [0.2, 0.25) is 11.8 Å². The van der Waals surface area contributed by atoms with Gasteiger partial charge in [0, 0.05) is 22.6 Å². The summed E-state index contributed by atoms with van der Waals surface area (Å²) >= 11 is 3.29. The number of carboxylic acids is 2. The molecule has 2 aromatic rings. The zero-order chi connectivity index (χ0) is 24.1. The molecule has 4 atom stereocenters. The van der Waals surface area contributed by atoms with Gasteiger partial charge in [-0.05, 0) is 23.8 Å². The topological polar surface area (TPSA) is 167 Å². The van der Waals surface area contributed by atoms with Crippen molar-refractivity contribution in [2.24, 2.45) is 11.8 Å². The lowest BCUT2D eigenvalue weighted by Gasteiger charge is -2.29. The zero-order valence-corrected chi connectivity index (χ0v) is 18.3. The highest BCUT2D eigenvalue weighted by Crippen LogP contribution is 2.51. The lowest BCUT2D eigenvalue weighted by Crippen LogP contribution is -2.57. The first-order valence-corrected chi connectivity index (χ1v) is 10.5. The molecule has 0 aliphatic carbocycles. The van der Waals surface area contributed by atoms with Gasteiger partial charge in [-0.3, -0.25) is 34.6 Å². The van der Waals surface area contributed by atoms with Crippen LogP contribution in [0.15, 0.2) is 53.0 Å². The Hall–Kier alpha value is -3.64. The SMILES string of the molecule is O=C(O)CC1(C(=O)O)NC(c2ccc(Br)cc2)C2C(=O)N(c3cccc([N+](=O)[O-])c3)C(=O)C21. The van der Waals surface area contributed by atoms with Crippen molar-refractivity contribution >= 4 is 51.1 Å². The summed E-state index contributed by atoms with van der Waals surface area (Å²) in [5.74, 6) is -7.50. The second-order valence-corrected chi connectivity index (χ2v) is 8.73. The van der Waals surface area contributed by atoms with E-state index in [0.717, 1.165) is 10.5 Å². The molecule has 2 aliphatic rings. The lowest BCUT2D eigenvalue weighted by molar-refractivity contribution is -0.384. The molecule has 0 saturated carbocycles. The van der Waals surface area contributed by atoms with Crippen LogP contribution >= 0.6 is 15.9 Å². The van der Waals surface area contributed by atoms with E-state index in [1.165, 1.54) is 18.2 Å². The van der Waals surface area contributed by atoms with Gasteiger partial charge in [-0.25, -0.2) is 4.90 Å². The summed E-state index contributed by atoms with van der Waals surface area (Å²) in [5.41, 5.74) is -2.21. The Bertz CT molecular complexity index is 1200. The van der Waals surface area contributed by atoms with Crippen LogP contribution in [0, 0.1) is 22.0 Å². The average Bonchev–Trinajstić information content (AvgIpc) is 3.23. The van der Waals surface area contributed by atoms with E-state index in [4.69, 9.17) is 0 Å². The Labute approximate surface area is 194 Å². The van der Waals surface area contributed by atoms with Gasteiger partial charge in [-0.1, -0.05) is 34.1 Å². The van der Waals surface area contributed by atoms with Gasteiger partial charge in [-0.15, -0.1) is 0 Å². The summed E-state index contributed by atoms with van der Waals surface area (Å²) in [6.07, 6.45) is -0.946. The molecule has 2 heterocycles. The molecule has 0 aromatic heterocycles. The van der Waals surface area contributed by atoms with Crippen molar-refractivity contribution in [3.8, 4) is 0 Å². The van der Waals surface area contributed by atoms with Crippen LogP contribution in [0.4, 0.5) is 11.4 Å². The first kappa shape index (κ1) is 22.6. The van der Waals surface area contributed by atoms with Crippen molar-refractivity contribution in [2.75, 3.05) is 4.90 Å². The Morgan fingerprint density at radius 3 is 2.36 bits per heavy atom. The van der Waals surface area contributed by atoms with E-state index in [-0.39, 0.29) is 11.4 Å². The number of carboxylic acid groups (broad SMARTS) is 2. The van der Waals surface area contributed by atoms with E-state index >= 15 is 0 Å². The smallest absolute Gasteiger partial charge is 0.325 e. The number of nitro benzene ring substituents is 1. The summed E-state index contributed by atoms with van der Waals surface area (Å²) < 4.78 is 0.725. The normalized spacial score (nSPS) is 26.3. The third-order valence-electron chi connectivity index (χ3n) is 5.99. The van der Waals surface area contributed by atoms with Crippen LogP contribution in [0.5, 0.6) is 0 Å². The van der Waals surface area contributed by atoms with Crippen LogP contribution < -0.4 is 10.2 Å². The number of carbonyl (C=O) groups excluding carboxylic acids is 2. The fourth-order valence-electron chi connectivity index (χ4n) is 4.63. The lowest BCUT2D eigenvalue weighted by atomic mass is 9.77. The number of non-ortho nitro benzene ring substituents is 1. The van der Waals surface area contributed by atoms with Crippen molar-refractivity contribution in [1.29, 1.82) is 0 Å². The number of nitrogens with zero attached hydrogens (tertiary/aromatic N) is 2. The molecule has 0 radical (unpaired) electrons. The fourth-order valence-corrected chi connectivity index (χ4v) is 4.90. The summed E-state index contributed by atoms with van der Waals surface area (Å²) in [7, 11) is 0. The maximum atomic E-state index is 13.5. The molecule has 4 unspecified atom stereocenters. The summed E-state index contributed by atoms with van der Waals surface area (Å²) in [5, 5.41) is 33.4. The number of anilines is 1. The second kappa shape index (κ2) is 8.05. The van der Waals surface area contributed by atoms with E-state index in [1.807, 2.05) is 0 Å². The highest BCUT2D eigenvalue weighted by Gasteiger charge is 2.69. The number of benzene rings is 2. The number of imide groups is 1. The number of aliphatic carboxylic acids is 2. The van der Waals surface area contributed by atoms with E-state index in [9.17, 15) is 39.5 Å². The van der Waals surface area contributed by atoms with Crippen LogP contribution in [-0.2, 0) is 19.2 Å². The third-order valence-corrected chi connectivity index (χ3v) is 6.52. The van der Waals surface area contributed by atoms with Gasteiger partial charge >= 0.3 is 11.9 Å². The van der Waals surface area contributed by atoms with E-state index in [1.54, 1.807) is 24.3 Å². The van der Waals surface area contributed by atoms with Gasteiger partial charge in [0.1, 0.15) is 5.54 Å². The molecule has 2 amide bonds. The van der Waals surface area contributed by atoms with Crippen LogP contribution in [0.2, 0.25) is 0 Å². The average molecular weight is 518 g/mol. The van der Waals surface area contributed by atoms with Crippen molar-refractivity contribution < 1.29 is 34.3 Å². The van der Waals surface area contributed by atoms with Crippen LogP contribution in [0.25, 0.3) is 0 Å². The predicted octanol–water partition coefficient (Wildman–Crippen LogP) is 2.11. The fraction of sp³-hybridized carbons (Fsp3) is 0.238. The molecule has 4 rings (SSSR count). The van der Waals surface area contributed by atoms with Crippen LogP contribution in [0.3, 0.4) is 0 Å². The van der Waals surface area contributed by atoms with Gasteiger partial charge in [-0.2, -0.15) is 0 Å². The minimum absolute atomic E-state index is 0.0854. The monoisotopic (exact) mass is 517 g/mol. The number of rotatable bonds is 6. The molecule has 2 aliphatic heterocycles. The van der Waals surface area contributed by atoms with Crippen LogP contribution in [-0.4, -0.2) is 44.4 Å². The molecule has 0 spiro atoms. The third kappa shape index (κ3) is 3.56. The molecule has 12 heteroatoms. The molecule has 33 heavy (non-hydrogen) atoms. The Morgan fingerprint density at radius 2 is 1.79 bits per heavy atom. The number of fused-ring (bicyclic) bond motifs is 1. The standard InChI is InChI=1S/C21H16BrN3O8/c22-11-6-4-10(5-7-11)17-15-16(21(23-17,20(30)31)9-14(26)27)19(29)24(18(15)28)12-2-1-3-13(8-12)25(32)33/h1-8,15-17,23H,9H2,(H,26,27)(H,30,31). The molecule has 2 aromatic carbocycles. The van der Waals surface area contributed by atoms with Gasteiger partial charge in [0.15, 0.2) is 0 Å². The maximum Gasteiger partial charge on any atom is 0.325 e. The predicted molar refractivity (Wildman–Crippen MR) is 115 cm³/mol. The zero-order valence-electron chi connectivity index (χ0n) is 16.7. The minimum Gasteiger partial charge on any atom is -0.481 e. The Morgan fingerprint density at radius 1 is 1.12 bits per heavy atom. The summed E-state index contributed by atoms with van der Waals surface area (Å²) in [6.45, 7) is 0. The molecular weight excluding hydrogens is 502 g/mol. The number of nitro groups is 1. The van der Waals surface area contributed by atoms with E-state index in [2.05, 4.69) is 21.2 Å². The van der Waals surface area contributed by atoms with Crippen LogP contribution in [0.1, 0.15) is 18.0 Å². The van der Waals surface area contributed by atoms with Crippen molar-refractivity contribution in [3.63, 3.8) is 0 Å². The molecule has 11 nitrogen and oxygen atoms in total. The second-order valence-electron chi connectivity index (χ2n) is 7.81.